The summed E-state index contributed by atoms with van der Waals surface area (Å²) in [5.41, 5.74) is 1.00. The largest absolute Gasteiger partial charge is 0.391 e. The summed E-state index contributed by atoms with van der Waals surface area (Å²) in [4.78, 5) is 15.1. The lowest BCUT2D eigenvalue weighted by molar-refractivity contribution is -0.131. The molecule has 0 bridgehead atoms. The first-order valence-corrected chi connectivity index (χ1v) is 12.7. The van der Waals surface area contributed by atoms with Crippen LogP contribution in [0.4, 0.5) is 0 Å². The highest BCUT2D eigenvalue weighted by atomic mass is 16.4. The number of carbonyl (C=O) groups excluding carboxylic acids is 1. The highest BCUT2D eigenvalue weighted by Crippen LogP contribution is 2.50. The van der Waals surface area contributed by atoms with Gasteiger partial charge in [0.15, 0.2) is 0 Å². The van der Waals surface area contributed by atoms with Crippen LogP contribution in [0.25, 0.3) is 0 Å². The molecule has 2 heterocycles. The Bertz CT molecular complexity index is 938. The maximum Gasteiger partial charge on any atom is 0.230 e. The van der Waals surface area contributed by atoms with Crippen LogP contribution in [0.15, 0.2) is 60.3 Å². The zero-order chi connectivity index (χ0) is 25.4. The number of aliphatic hydroxyl groups excluding tert-OH is 5. The van der Waals surface area contributed by atoms with Gasteiger partial charge in [-0.1, -0.05) is 67.2 Å². The molecule has 192 valence electrons. The summed E-state index contributed by atoms with van der Waals surface area (Å²) >= 11 is 0. The number of aliphatic hydroxyl groups is 5. The van der Waals surface area contributed by atoms with E-state index in [9.17, 15) is 30.3 Å². The molecule has 0 spiro atoms. The SMILES string of the molecule is CC1=C/[C@H]2[C@@H]3[C@H]4[C@H](O)C[C@H](C)N4C(=O)[C@H]3C=C[C@H]2/C=C/[C@H](C)[C@@H](O)[C@@H](O)[C@@H](O)C[C@@H](O)/C=C/C=C/1. The standard InChI is InChI=1S/C28H39NO6/c1-15-6-4-5-7-19(30)14-23(32)27(34)26(33)16(2)8-9-18-10-11-20-24(21(18)12-15)25-22(31)13-17(3)29(25)28(20)35/h4-12,16-27,30-34H,13-14H2,1-3H3/b6-4+,7-5+,9-8+,15-12+/t16-,17-,18+,19-,20-,21+,22+,23-,24+,25+,26+,27-/m0/s1. The van der Waals surface area contributed by atoms with Gasteiger partial charge in [0.1, 0.15) is 6.10 Å². The van der Waals surface area contributed by atoms with Crippen LogP contribution in [0, 0.1) is 29.6 Å². The molecule has 2 aliphatic heterocycles. The molecular weight excluding hydrogens is 446 g/mol. The molecule has 2 saturated heterocycles. The Morgan fingerprint density at radius 2 is 1.57 bits per heavy atom. The topological polar surface area (TPSA) is 121 Å². The third-order valence-electron chi connectivity index (χ3n) is 8.21. The van der Waals surface area contributed by atoms with E-state index in [1.165, 1.54) is 6.08 Å². The maximum atomic E-state index is 13.3. The van der Waals surface area contributed by atoms with E-state index in [-0.39, 0.29) is 48.1 Å². The van der Waals surface area contributed by atoms with E-state index in [4.69, 9.17) is 0 Å². The van der Waals surface area contributed by atoms with Gasteiger partial charge in [0.25, 0.3) is 0 Å². The minimum atomic E-state index is -1.40. The quantitative estimate of drug-likeness (QED) is 0.332. The number of carbonyl (C=O) groups is 1. The summed E-state index contributed by atoms with van der Waals surface area (Å²) in [6.07, 6.45) is 12.1. The Hall–Kier alpha value is -2.03. The van der Waals surface area contributed by atoms with Crippen molar-refractivity contribution in [2.45, 2.75) is 76.2 Å². The summed E-state index contributed by atoms with van der Waals surface area (Å²) in [5.74, 6) is -0.829. The van der Waals surface area contributed by atoms with Gasteiger partial charge in [-0.05, 0) is 26.2 Å². The third-order valence-corrected chi connectivity index (χ3v) is 8.21. The van der Waals surface area contributed by atoms with E-state index in [0.717, 1.165) is 5.57 Å². The van der Waals surface area contributed by atoms with Crippen LogP contribution in [0.3, 0.4) is 0 Å². The number of amides is 1. The Morgan fingerprint density at radius 1 is 0.857 bits per heavy atom. The summed E-state index contributed by atoms with van der Waals surface area (Å²) in [7, 11) is 0. The second-order valence-electron chi connectivity index (χ2n) is 10.8. The number of rotatable bonds is 0. The Kier molecular flexibility index (Phi) is 7.83. The number of hydrogen-bond donors (Lipinski definition) is 5. The smallest absolute Gasteiger partial charge is 0.230 e. The van der Waals surface area contributed by atoms with E-state index in [0.29, 0.717) is 6.42 Å². The molecule has 35 heavy (non-hydrogen) atoms. The second kappa shape index (κ2) is 10.5. The predicted octanol–water partition coefficient (Wildman–Crippen LogP) is 1.48. The van der Waals surface area contributed by atoms with E-state index >= 15 is 0 Å². The van der Waals surface area contributed by atoms with Gasteiger partial charge in [-0.25, -0.2) is 0 Å². The van der Waals surface area contributed by atoms with E-state index in [2.05, 4.69) is 6.08 Å². The first-order valence-electron chi connectivity index (χ1n) is 12.7. The zero-order valence-electron chi connectivity index (χ0n) is 20.6. The summed E-state index contributed by atoms with van der Waals surface area (Å²) in [6, 6.07) is -0.228. The fourth-order valence-electron chi connectivity index (χ4n) is 6.34. The Labute approximate surface area is 207 Å². The maximum absolute atomic E-state index is 13.3. The molecule has 4 rings (SSSR count). The monoisotopic (exact) mass is 485 g/mol. The number of allylic oxidation sites excluding steroid dienone is 7. The fourth-order valence-corrected chi connectivity index (χ4v) is 6.34. The molecule has 12 atom stereocenters. The molecule has 7 nitrogen and oxygen atoms in total. The zero-order valence-corrected chi connectivity index (χ0v) is 20.6. The van der Waals surface area contributed by atoms with Crippen molar-refractivity contribution >= 4 is 5.91 Å². The van der Waals surface area contributed by atoms with Gasteiger partial charge in [0, 0.05) is 30.2 Å². The minimum Gasteiger partial charge on any atom is -0.391 e. The first kappa shape index (κ1) is 26.0. The van der Waals surface area contributed by atoms with Crippen LogP contribution in [-0.2, 0) is 4.79 Å². The average molecular weight is 486 g/mol. The third kappa shape index (κ3) is 5.11. The van der Waals surface area contributed by atoms with Crippen molar-refractivity contribution in [3.63, 3.8) is 0 Å². The number of hydrogen-bond acceptors (Lipinski definition) is 6. The molecule has 0 unspecified atom stereocenters. The minimum absolute atomic E-state index is 0.00584. The summed E-state index contributed by atoms with van der Waals surface area (Å²) in [6.45, 7) is 5.76. The van der Waals surface area contributed by atoms with Crippen molar-refractivity contribution < 1.29 is 30.3 Å². The first-order chi connectivity index (χ1) is 16.6. The molecule has 0 saturated carbocycles. The van der Waals surface area contributed by atoms with E-state index in [1.807, 2.05) is 49.1 Å². The van der Waals surface area contributed by atoms with Crippen LogP contribution in [0.2, 0.25) is 0 Å². The highest BCUT2D eigenvalue weighted by molar-refractivity contribution is 5.85. The molecule has 1 amide bonds. The fraction of sp³-hybridized carbons (Fsp3) is 0.607. The van der Waals surface area contributed by atoms with Crippen LogP contribution in [0.1, 0.15) is 33.6 Å². The molecule has 2 fully saturated rings. The molecule has 7 heteroatoms. The van der Waals surface area contributed by atoms with Crippen LogP contribution in [0.5, 0.6) is 0 Å². The van der Waals surface area contributed by atoms with Crippen molar-refractivity contribution in [2.75, 3.05) is 0 Å². The Morgan fingerprint density at radius 3 is 2.31 bits per heavy atom. The molecule has 0 aromatic carbocycles. The number of fused-ring (bicyclic) bond motifs is 5. The van der Waals surface area contributed by atoms with Gasteiger partial charge in [-0.3, -0.25) is 4.79 Å². The van der Waals surface area contributed by atoms with Crippen molar-refractivity contribution in [2.24, 2.45) is 29.6 Å². The summed E-state index contributed by atoms with van der Waals surface area (Å²) in [5, 5.41) is 52.4. The van der Waals surface area contributed by atoms with Gasteiger partial charge < -0.3 is 30.4 Å². The van der Waals surface area contributed by atoms with Gasteiger partial charge in [0.2, 0.25) is 5.91 Å². The lowest BCUT2D eigenvalue weighted by Crippen LogP contribution is -2.42. The van der Waals surface area contributed by atoms with Crippen LogP contribution >= 0.6 is 0 Å². The molecule has 2 aliphatic carbocycles. The van der Waals surface area contributed by atoms with Crippen LogP contribution < -0.4 is 0 Å². The summed E-state index contributed by atoms with van der Waals surface area (Å²) < 4.78 is 0. The lowest BCUT2D eigenvalue weighted by atomic mass is 9.67. The van der Waals surface area contributed by atoms with Crippen molar-refractivity contribution in [3.8, 4) is 0 Å². The molecule has 0 aromatic heterocycles. The predicted molar refractivity (Wildman–Crippen MR) is 133 cm³/mol. The van der Waals surface area contributed by atoms with Gasteiger partial charge in [-0.15, -0.1) is 0 Å². The van der Waals surface area contributed by atoms with Crippen LogP contribution in [-0.4, -0.2) is 78.9 Å². The van der Waals surface area contributed by atoms with Gasteiger partial charge >= 0.3 is 0 Å². The van der Waals surface area contributed by atoms with Crippen molar-refractivity contribution in [3.05, 3.63) is 60.3 Å². The highest BCUT2D eigenvalue weighted by Gasteiger charge is 2.58. The molecule has 4 aliphatic rings. The van der Waals surface area contributed by atoms with Crippen molar-refractivity contribution in [1.29, 1.82) is 0 Å². The van der Waals surface area contributed by atoms with Gasteiger partial charge in [0.05, 0.1) is 36.4 Å². The lowest BCUT2D eigenvalue weighted by Gasteiger charge is -2.36. The molecule has 0 radical (unpaired) electrons. The average Bonchev–Trinajstić information content (AvgIpc) is 3.28. The number of nitrogens with zero attached hydrogens (tertiary/aromatic N) is 1. The van der Waals surface area contributed by atoms with Gasteiger partial charge in [-0.2, -0.15) is 0 Å². The van der Waals surface area contributed by atoms with E-state index in [1.54, 1.807) is 19.1 Å². The molecule has 0 aromatic rings. The normalized spacial score (nSPS) is 50.6. The van der Waals surface area contributed by atoms with Crippen molar-refractivity contribution in [1.82, 2.24) is 4.90 Å². The van der Waals surface area contributed by atoms with E-state index < -0.39 is 36.4 Å². The molecule has 5 N–H and O–H groups in total. The second-order valence-corrected chi connectivity index (χ2v) is 10.8. The Balaban J connectivity index is 1.73. The molecular formula is C28H39NO6.